The number of urea groups is 2. The summed E-state index contributed by atoms with van der Waals surface area (Å²) in [6.07, 6.45) is 0. The Morgan fingerprint density at radius 3 is 2.53 bits per heavy atom. The molecular weight excluding hydrogens is 466 g/mol. The second-order valence-electron chi connectivity index (χ2n) is 8.72. The Bertz CT molecular complexity index is 1010. The van der Waals surface area contributed by atoms with Gasteiger partial charge in [0.2, 0.25) is 0 Å². The molecule has 2 aliphatic heterocycles. The molecule has 0 saturated carbocycles. The molecule has 198 valence electrons. The standard InChI is InChI=1S/C25H37N5O6/c1-7-26-24(32)30-13-12-29(14-16(30)3)15-18-20(23(31)36-8-2)21(27-25(33)28(18)4)17-10-9-11-19(34-5)22(17)35-6/h9-11,16,21H,7-8,12-15H2,1-6H3,(H,26,32)(H,27,33)/t16-,21+/m0/s1. The largest absolute Gasteiger partial charge is 0.493 e. The molecular formula is C25H37N5O6. The normalized spacial score (nSPS) is 20.7. The van der Waals surface area contributed by atoms with Gasteiger partial charge >= 0.3 is 18.0 Å². The van der Waals surface area contributed by atoms with Crippen LogP contribution < -0.4 is 20.1 Å². The van der Waals surface area contributed by atoms with Gasteiger partial charge in [-0.15, -0.1) is 0 Å². The lowest BCUT2D eigenvalue weighted by Crippen LogP contribution is -2.57. The van der Waals surface area contributed by atoms with E-state index in [1.165, 1.54) is 19.1 Å². The fourth-order valence-electron chi connectivity index (χ4n) is 4.71. The molecule has 0 spiro atoms. The SMILES string of the molecule is CCNC(=O)N1CCN(CC2=C(C(=O)OCC)[C@@H](c3cccc(OC)c3OC)NC(=O)N2C)C[C@@H]1C. The van der Waals surface area contributed by atoms with Gasteiger partial charge in [-0.3, -0.25) is 9.80 Å². The number of carbonyl (C=O) groups excluding carboxylic acids is 3. The van der Waals surface area contributed by atoms with Crippen LogP contribution in [0.15, 0.2) is 29.5 Å². The molecule has 3 rings (SSSR count). The van der Waals surface area contributed by atoms with Crippen LogP contribution in [0.25, 0.3) is 0 Å². The monoisotopic (exact) mass is 503 g/mol. The van der Waals surface area contributed by atoms with Crippen LogP contribution in [0.2, 0.25) is 0 Å². The third kappa shape index (κ3) is 5.51. The first-order valence-electron chi connectivity index (χ1n) is 12.2. The highest BCUT2D eigenvalue weighted by molar-refractivity contribution is 5.95. The number of esters is 1. The second-order valence-corrected chi connectivity index (χ2v) is 8.72. The van der Waals surface area contributed by atoms with Gasteiger partial charge in [0, 0.05) is 57.1 Å². The number of hydrogen-bond acceptors (Lipinski definition) is 7. The Balaban J connectivity index is 2.01. The van der Waals surface area contributed by atoms with Crippen LogP contribution in [-0.2, 0) is 9.53 Å². The molecule has 2 aliphatic rings. The zero-order valence-electron chi connectivity index (χ0n) is 21.9. The van der Waals surface area contributed by atoms with Crippen molar-refractivity contribution in [3.63, 3.8) is 0 Å². The van der Waals surface area contributed by atoms with Crippen molar-refractivity contribution in [2.75, 3.05) is 60.6 Å². The minimum atomic E-state index is -0.790. The molecule has 4 amide bonds. The summed E-state index contributed by atoms with van der Waals surface area (Å²) in [6, 6.07) is 4.07. The maximum Gasteiger partial charge on any atom is 0.338 e. The van der Waals surface area contributed by atoms with Gasteiger partial charge in [0.1, 0.15) is 0 Å². The lowest BCUT2D eigenvalue weighted by molar-refractivity contribution is -0.139. The summed E-state index contributed by atoms with van der Waals surface area (Å²) >= 11 is 0. The molecule has 1 aromatic rings. The number of rotatable bonds is 8. The number of nitrogens with zero attached hydrogens (tertiary/aromatic N) is 3. The highest BCUT2D eigenvalue weighted by atomic mass is 16.5. The topological polar surface area (TPSA) is 113 Å². The number of likely N-dealkylation sites (N-methyl/N-ethyl adjacent to an activating group) is 1. The fraction of sp³-hybridized carbons (Fsp3) is 0.560. The summed E-state index contributed by atoms with van der Waals surface area (Å²) < 4.78 is 16.5. The molecule has 0 unspecified atom stereocenters. The minimum absolute atomic E-state index is 0.0334. The second kappa shape index (κ2) is 12.0. The third-order valence-electron chi connectivity index (χ3n) is 6.49. The highest BCUT2D eigenvalue weighted by Crippen LogP contribution is 2.40. The quantitative estimate of drug-likeness (QED) is 0.522. The number of hydrogen-bond donors (Lipinski definition) is 2. The van der Waals surface area contributed by atoms with E-state index in [4.69, 9.17) is 14.2 Å². The zero-order chi connectivity index (χ0) is 26.4. The van der Waals surface area contributed by atoms with E-state index in [-0.39, 0.29) is 24.7 Å². The highest BCUT2D eigenvalue weighted by Gasteiger charge is 2.39. The van der Waals surface area contributed by atoms with Crippen molar-refractivity contribution in [1.29, 1.82) is 0 Å². The molecule has 11 nitrogen and oxygen atoms in total. The van der Waals surface area contributed by atoms with Crippen LogP contribution in [0.1, 0.15) is 32.4 Å². The van der Waals surface area contributed by atoms with Gasteiger partial charge < -0.3 is 29.7 Å². The molecule has 2 atom stereocenters. The molecule has 2 heterocycles. The van der Waals surface area contributed by atoms with Crippen LogP contribution in [0, 0.1) is 0 Å². The van der Waals surface area contributed by atoms with Crippen molar-refractivity contribution in [3.05, 3.63) is 35.0 Å². The van der Waals surface area contributed by atoms with Crippen molar-refractivity contribution in [1.82, 2.24) is 25.3 Å². The van der Waals surface area contributed by atoms with Crippen molar-refractivity contribution >= 4 is 18.0 Å². The predicted molar refractivity (Wildman–Crippen MR) is 134 cm³/mol. The summed E-state index contributed by atoms with van der Waals surface area (Å²) in [5.41, 5.74) is 1.48. The zero-order valence-corrected chi connectivity index (χ0v) is 21.9. The Morgan fingerprint density at radius 1 is 1.17 bits per heavy atom. The van der Waals surface area contributed by atoms with E-state index >= 15 is 0 Å². The van der Waals surface area contributed by atoms with Crippen LogP contribution >= 0.6 is 0 Å². The van der Waals surface area contributed by atoms with Gasteiger partial charge in [0.25, 0.3) is 0 Å². The lowest BCUT2D eigenvalue weighted by Gasteiger charge is -2.42. The average molecular weight is 504 g/mol. The van der Waals surface area contributed by atoms with Gasteiger partial charge in [-0.2, -0.15) is 0 Å². The molecule has 0 bridgehead atoms. The number of amides is 4. The maximum atomic E-state index is 13.3. The number of ether oxygens (including phenoxy) is 3. The van der Waals surface area contributed by atoms with Crippen LogP contribution in [0.5, 0.6) is 11.5 Å². The minimum Gasteiger partial charge on any atom is -0.493 e. The molecule has 0 radical (unpaired) electrons. The summed E-state index contributed by atoms with van der Waals surface area (Å²) in [5.74, 6) is 0.409. The molecule has 1 fully saturated rings. The summed E-state index contributed by atoms with van der Waals surface area (Å²) in [7, 11) is 4.68. The van der Waals surface area contributed by atoms with E-state index in [1.807, 2.05) is 18.7 Å². The van der Waals surface area contributed by atoms with Gasteiger partial charge in [-0.1, -0.05) is 12.1 Å². The Kier molecular flexibility index (Phi) is 9.03. The molecule has 1 saturated heterocycles. The number of benzene rings is 1. The number of piperazine rings is 1. The van der Waals surface area contributed by atoms with Crippen LogP contribution in [-0.4, -0.2) is 99.4 Å². The van der Waals surface area contributed by atoms with Crippen LogP contribution in [0.3, 0.4) is 0 Å². The maximum absolute atomic E-state index is 13.3. The van der Waals surface area contributed by atoms with Gasteiger partial charge in [0.15, 0.2) is 11.5 Å². The molecule has 36 heavy (non-hydrogen) atoms. The third-order valence-corrected chi connectivity index (χ3v) is 6.49. The van der Waals surface area contributed by atoms with E-state index in [0.717, 1.165) is 0 Å². The number of methoxy groups -OCH3 is 2. The lowest BCUT2D eigenvalue weighted by atomic mass is 9.93. The molecule has 0 aliphatic carbocycles. The molecule has 1 aromatic carbocycles. The summed E-state index contributed by atoms with van der Waals surface area (Å²) in [4.78, 5) is 44.1. The van der Waals surface area contributed by atoms with Crippen molar-refractivity contribution < 1.29 is 28.6 Å². The molecule has 0 aromatic heterocycles. The van der Waals surface area contributed by atoms with E-state index < -0.39 is 12.0 Å². The Morgan fingerprint density at radius 2 is 1.92 bits per heavy atom. The number of nitrogens with one attached hydrogen (secondary N) is 2. The van der Waals surface area contributed by atoms with Crippen molar-refractivity contribution in [2.24, 2.45) is 0 Å². The summed E-state index contributed by atoms with van der Waals surface area (Å²) in [6.45, 7) is 8.46. The first-order valence-corrected chi connectivity index (χ1v) is 12.2. The first-order chi connectivity index (χ1) is 17.3. The van der Waals surface area contributed by atoms with E-state index in [9.17, 15) is 14.4 Å². The number of carbonyl (C=O) groups is 3. The van der Waals surface area contributed by atoms with E-state index in [0.29, 0.717) is 61.1 Å². The fourth-order valence-corrected chi connectivity index (χ4v) is 4.71. The van der Waals surface area contributed by atoms with E-state index in [1.54, 1.807) is 32.2 Å². The Labute approximate surface area is 212 Å². The van der Waals surface area contributed by atoms with E-state index in [2.05, 4.69) is 15.5 Å². The summed E-state index contributed by atoms with van der Waals surface area (Å²) in [5, 5.41) is 5.77. The van der Waals surface area contributed by atoms with Gasteiger partial charge in [-0.05, 0) is 26.8 Å². The first kappa shape index (κ1) is 27.1. The number of para-hydroxylation sites is 1. The van der Waals surface area contributed by atoms with Gasteiger partial charge in [-0.25, -0.2) is 14.4 Å². The van der Waals surface area contributed by atoms with Crippen molar-refractivity contribution in [3.8, 4) is 11.5 Å². The predicted octanol–water partition coefficient (Wildman–Crippen LogP) is 1.95. The van der Waals surface area contributed by atoms with Crippen molar-refractivity contribution in [2.45, 2.75) is 32.9 Å². The average Bonchev–Trinajstić information content (AvgIpc) is 2.86. The molecule has 2 N–H and O–H groups in total. The van der Waals surface area contributed by atoms with Gasteiger partial charge in [0.05, 0.1) is 32.4 Å². The smallest absolute Gasteiger partial charge is 0.338 e. The Hall–Kier alpha value is -3.47. The van der Waals surface area contributed by atoms with Crippen LogP contribution in [0.4, 0.5) is 9.59 Å². The molecule has 11 heteroatoms.